The van der Waals surface area contributed by atoms with Gasteiger partial charge in [-0.25, -0.2) is 4.90 Å². The Morgan fingerprint density at radius 2 is 1.85 bits per heavy atom. The van der Waals surface area contributed by atoms with E-state index in [1.807, 2.05) is 0 Å². The van der Waals surface area contributed by atoms with Crippen molar-refractivity contribution in [3.8, 4) is 0 Å². The molecule has 1 aliphatic heterocycles. The fourth-order valence-electron chi connectivity index (χ4n) is 3.01. The number of para-hydroxylation sites is 1. The molecular formula is C19H18N2O6. The van der Waals surface area contributed by atoms with Gasteiger partial charge in [-0.15, -0.1) is 0 Å². The van der Waals surface area contributed by atoms with Crippen LogP contribution in [0.5, 0.6) is 0 Å². The monoisotopic (exact) mass is 370 g/mol. The SMILES string of the molecule is O=C(O)CCC(=O)N(Cc1ccco1)C1CC(=O)N(c2ccccc2)C1=O. The lowest BCUT2D eigenvalue weighted by atomic mass is 10.1. The standard InChI is InChI=1S/C19H18N2O6/c22-16(8-9-18(24)25)20(12-14-7-4-10-27-14)15-11-17(23)21(19(15)26)13-5-2-1-3-6-13/h1-7,10,15H,8-9,11-12H2,(H,24,25). The van der Waals surface area contributed by atoms with Gasteiger partial charge >= 0.3 is 5.97 Å². The highest BCUT2D eigenvalue weighted by Crippen LogP contribution is 2.27. The van der Waals surface area contributed by atoms with Gasteiger partial charge in [0.15, 0.2) is 0 Å². The average molecular weight is 370 g/mol. The molecule has 1 N–H and O–H groups in total. The molecule has 3 amide bonds. The molecule has 27 heavy (non-hydrogen) atoms. The lowest BCUT2D eigenvalue weighted by molar-refractivity contribution is -0.143. The molecule has 2 aromatic rings. The van der Waals surface area contributed by atoms with E-state index in [4.69, 9.17) is 9.52 Å². The number of nitrogens with zero attached hydrogens (tertiary/aromatic N) is 2. The van der Waals surface area contributed by atoms with E-state index in [1.54, 1.807) is 42.5 Å². The summed E-state index contributed by atoms with van der Waals surface area (Å²) in [6.07, 6.45) is 0.657. The quantitative estimate of drug-likeness (QED) is 0.745. The summed E-state index contributed by atoms with van der Waals surface area (Å²) < 4.78 is 5.25. The lowest BCUT2D eigenvalue weighted by Crippen LogP contribution is -2.45. The Morgan fingerprint density at radius 3 is 2.48 bits per heavy atom. The maximum Gasteiger partial charge on any atom is 0.303 e. The summed E-state index contributed by atoms with van der Waals surface area (Å²) in [7, 11) is 0. The zero-order chi connectivity index (χ0) is 19.4. The summed E-state index contributed by atoms with van der Waals surface area (Å²) in [6.45, 7) is -0.0161. The first kappa shape index (κ1) is 18.4. The molecule has 0 aliphatic carbocycles. The Balaban J connectivity index is 1.85. The first-order chi connectivity index (χ1) is 13.0. The molecular weight excluding hydrogens is 352 g/mol. The van der Waals surface area contributed by atoms with E-state index in [2.05, 4.69) is 0 Å². The van der Waals surface area contributed by atoms with Gasteiger partial charge in [-0.2, -0.15) is 0 Å². The molecule has 1 saturated heterocycles. The van der Waals surface area contributed by atoms with Gasteiger partial charge in [0.05, 0.1) is 31.3 Å². The average Bonchev–Trinajstić information content (AvgIpc) is 3.26. The molecule has 0 spiro atoms. The highest BCUT2D eigenvalue weighted by Gasteiger charge is 2.44. The predicted octanol–water partition coefficient (Wildman–Crippen LogP) is 1.81. The van der Waals surface area contributed by atoms with E-state index in [1.165, 1.54) is 11.2 Å². The summed E-state index contributed by atoms with van der Waals surface area (Å²) >= 11 is 0. The van der Waals surface area contributed by atoms with Crippen LogP contribution >= 0.6 is 0 Å². The van der Waals surface area contributed by atoms with Gasteiger partial charge in [0.25, 0.3) is 5.91 Å². The van der Waals surface area contributed by atoms with Crippen molar-refractivity contribution in [3.05, 3.63) is 54.5 Å². The van der Waals surface area contributed by atoms with E-state index >= 15 is 0 Å². The van der Waals surface area contributed by atoms with E-state index in [0.717, 1.165) is 4.90 Å². The minimum Gasteiger partial charge on any atom is -0.481 e. The zero-order valence-electron chi connectivity index (χ0n) is 14.4. The Morgan fingerprint density at radius 1 is 1.11 bits per heavy atom. The number of imide groups is 1. The van der Waals surface area contributed by atoms with E-state index < -0.39 is 29.7 Å². The molecule has 0 radical (unpaired) electrons. The number of amides is 3. The molecule has 2 heterocycles. The zero-order valence-corrected chi connectivity index (χ0v) is 14.4. The number of anilines is 1. The molecule has 1 unspecified atom stereocenters. The van der Waals surface area contributed by atoms with Crippen LogP contribution < -0.4 is 4.90 Å². The van der Waals surface area contributed by atoms with Gasteiger partial charge in [0.1, 0.15) is 11.8 Å². The van der Waals surface area contributed by atoms with Gasteiger partial charge in [0.2, 0.25) is 11.8 Å². The second-order valence-electron chi connectivity index (χ2n) is 6.12. The number of benzene rings is 1. The van der Waals surface area contributed by atoms with Gasteiger partial charge in [-0.05, 0) is 24.3 Å². The molecule has 1 fully saturated rings. The van der Waals surface area contributed by atoms with Crippen molar-refractivity contribution >= 4 is 29.4 Å². The molecule has 3 rings (SSSR count). The number of carboxylic acid groups (broad SMARTS) is 1. The predicted molar refractivity (Wildman–Crippen MR) is 93.5 cm³/mol. The summed E-state index contributed by atoms with van der Waals surface area (Å²) in [5.74, 6) is -2.11. The highest BCUT2D eigenvalue weighted by molar-refractivity contribution is 6.23. The third kappa shape index (κ3) is 4.05. The van der Waals surface area contributed by atoms with Crippen LogP contribution in [0.1, 0.15) is 25.0 Å². The van der Waals surface area contributed by atoms with Gasteiger partial charge in [-0.1, -0.05) is 18.2 Å². The molecule has 8 nitrogen and oxygen atoms in total. The van der Waals surface area contributed by atoms with E-state index in [9.17, 15) is 19.2 Å². The summed E-state index contributed by atoms with van der Waals surface area (Å²) in [6, 6.07) is 10.8. The molecule has 140 valence electrons. The Bertz CT molecular complexity index is 846. The number of rotatable bonds is 7. The second kappa shape index (κ2) is 7.86. The van der Waals surface area contributed by atoms with Crippen molar-refractivity contribution < 1.29 is 28.7 Å². The van der Waals surface area contributed by atoms with Crippen LogP contribution in [0.2, 0.25) is 0 Å². The normalized spacial score (nSPS) is 16.6. The number of hydrogen-bond acceptors (Lipinski definition) is 5. The molecule has 0 bridgehead atoms. The summed E-state index contributed by atoms with van der Waals surface area (Å²) in [5.41, 5.74) is 0.436. The van der Waals surface area contributed by atoms with Gasteiger partial charge in [-0.3, -0.25) is 19.2 Å². The molecule has 1 aliphatic rings. The van der Waals surface area contributed by atoms with Gasteiger partial charge in [0, 0.05) is 6.42 Å². The van der Waals surface area contributed by atoms with Crippen LogP contribution in [-0.4, -0.2) is 39.7 Å². The topological polar surface area (TPSA) is 108 Å². The fourth-order valence-corrected chi connectivity index (χ4v) is 3.01. The largest absolute Gasteiger partial charge is 0.481 e. The molecule has 1 aromatic carbocycles. The number of hydrogen-bond donors (Lipinski definition) is 1. The molecule has 1 atom stereocenters. The summed E-state index contributed by atoms with van der Waals surface area (Å²) in [5, 5.41) is 8.83. The molecule has 1 aromatic heterocycles. The lowest BCUT2D eigenvalue weighted by Gasteiger charge is -2.26. The maximum atomic E-state index is 12.9. The van der Waals surface area contributed by atoms with Crippen molar-refractivity contribution in [3.63, 3.8) is 0 Å². The summed E-state index contributed by atoms with van der Waals surface area (Å²) in [4.78, 5) is 51.0. The van der Waals surface area contributed by atoms with Crippen LogP contribution in [0, 0.1) is 0 Å². The number of carboxylic acids is 1. The van der Waals surface area contributed by atoms with Crippen molar-refractivity contribution in [2.24, 2.45) is 0 Å². The number of furan rings is 1. The fraction of sp³-hybridized carbons (Fsp3) is 0.263. The third-order valence-electron chi connectivity index (χ3n) is 4.29. The van der Waals surface area contributed by atoms with Crippen LogP contribution in [0.3, 0.4) is 0 Å². The Labute approximate surface area is 155 Å². The minimum atomic E-state index is -1.11. The van der Waals surface area contributed by atoms with Gasteiger partial charge < -0.3 is 14.4 Å². The first-order valence-electron chi connectivity index (χ1n) is 8.43. The van der Waals surface area contributed by atoms with Crippen LogP contribution in [0.15, 0.2) is 53.1 Å². The number of carbonyl (C=O) groups excluding carboxylic acids is 3. The Hall–Kier alpha value is -3.42. The number of aliphatic carboxylic acids is 1. The van der Waals surface area contributed by atoms with Crippen molar-refractivity contribution in [1.82, 2.24) is 4.90 Å². The van der Waals surface area contributed by atoms with E-state index in [0.29, 0.717) is 11.4 Å². The highest BCUT2D eigenvalue weighted by atomic mass is 16.4. The molecule has 8 heteroatoms. The van der Waals surface area contributed by atoms with E-state index in [-0.39, 0.29) is 25.8 Å². The van der Waals surface area contributed by atoms with Crippen molar-refractivity contribution in [2.45, 2.75) is 31.8 Å². The minimum absolute atomic E-state index is 0.0161. The van der Waals surface area contributed by atoms with Crippen molar-refractivity contribution in [2.75, 3.05) is 4.90 Å². The second-order valence-corrected chi connectivity index (χ2v) is 6.12. The van der Waals surface area contributed by atoms with Crippen LogP contribution in [0.4, 0.5) is 5.69 Å². The molecule has 0 saturated carbocycles. The smallest absolute Gasteiger partial charge is 0.303 e. The van der Waals surface area contributed by atoms with Crippen LogP contribution in [0.25, 0.3) is 0 Å². The third-order valence-corrected chi connectivity index (χ3v) is 4.29. The first-order valence-corrected chi connectivity index (χ1v) is 8.43. The van der Waals surface area contributed by atoms with Crippen LogP contribution in [-0.2, 0) is 25.7 Å². The number of carbonyl (C=O) groups is 4. The maximum absolute atomic E-state index is 12.9. The Kier molecular flexibility index (Phi) is 5.35. The van der Waals surface area contributed by atoms with Crippen molar-refractivity contribution in [1.29, 1.82) is 0 Å².